The highest BCUT2D eigenvalue weighted by Gasteiger charge is 2.60. The SMILES string of the molecule is CC(C)SCCCOCC1CC[C@H]2[C@@H]3CC[C@H]4N(C)C(=O)CC[C@]4(C)[C@H]3CC[C@]12C. The number of ether oxygens (including phenoxy) is 1. The molecule has 30 heavy (non-hydrogen) atoms. The van der Waals surface area contributed by atoms with Crippen LogP contribution in [0.15, 0.2) is 0 Å². The van der Waals surface area contributed by atoms with Gasteiger partial charge in [0.05, 0.1) is 0 Å². The fourth-order valence-corrected chi connectivity index (χ4v) is 8.99. The average molecular weight is 436 g/mol. The van der Waals surface area contributed by atoms with Crippen molar-refractivity contribution in [3.8, 4) is 0 Å². The normalized spacial score (nSPS) is 43.5. The standard InChI is InChI=1S/C26H45NO2S/c1-18(2)30-16-6-15-29-17-19-7-9-21-20-8-10-23-26(4,14-12-24(28)27(23)5)22(20)11-13-25(19,21)3/h18-23H,6-17H2,1-5H3/t19?,20-,21-,22-,23+,25+,26+/m0/s1. The lowest BCUT2D eigenvalue weighted by atomic mass is 9.47. The Morgan fingerprint density at radius 1 is 1.07 bits per heavy atom. The Morgan fingerprint density at radius 2 is 1.83 bits per heavy atom. The van der Waals surface area contributed by atoms with Crippen LogP contribution in [0.5, 0.6) is 0 Å². The Balaban J connectivity index is 1.36. The highest BCUT2D eigenvalue weighted by atomic mass is 32.2. The number of carbonyl (C=O) groups is 1. The van der Waals surface area contributed by atoms with E-state index in [-0.39, 0.29) is 0 Å². The average Bonchev–Trinajstić information content (AvgIpc) is 3.04. The molecule has 3 aliphatic carbocycles. The van der Waals surface area contributed by atoms with Gasteiger partial charge in [-0.2, -0.15) is 11.8 Å². The Bertz CT molecular complexity index is 624. The van der Waals surface area contributed by atoms with Crippen molar-refractivity contribution in [3.05, 3.63) is 0 Å². The molecule has 3 saturated carbocycles. The summed E-state index contributed by atoms with van der Waals surface area (Å²) >= 11 is 2.05. The van der Waals surface area contributed by atoms with E-state index in [2.05, 4.69) is 39.6 Å². The molecule has 1 amide bonds. The van der Waals surface area contributed by atoms with Crippen molar-refractivity contribution in [1.29, 1.82) is 0 Å². The molecular formula is C26H45NO2S. The van der Waals surface area contributed by atoms with Gasteiger partial charge in [-0.3, -0.25) is 4.79 Å². The quantitative estimate of drug-likeness (QED) is 0.458. The van der Waals surface area contributed by atoms with Gasteiger partial charge in [-0.1, -0.05) is 27.7 Å². The highest BCUT2D eigenvalue weighted by molar-refractivity contribution is 7.99. The molecule has 4 heteroatoms. The second-order valence-corrected chi connectivity index (χ2v) is 13.3. The maximum atomic E-state index is 12.3. The number of nitrogens with zero attached hydrogens (tertiary/aromatic N) is 1. The third-order valence-corrected chi connectivity index (χ3v) is 11.1. The van der Waals surface area contributed by atoms with Crippen molar-refractivity contribution >= 4 is 17.7 Å². The van der Waals surface area contributed by atoms with Crippen LogP contribution < -0.4 is 0 Å². The molecule has 0 aromatic carbocycles. The molecule has 3 nitrogen and oxygen atoms in total. The maximum Gasteiger partial charge on any atom is 0.222 e. The number of hydrogen-bond acceptors (Lipinski definition) is 3. The highest BCUT2D eigenvalue weighted by Crippen LogP contribution is 2.66. The number of piperidine rings is 1. The van der Waals surface area contributed by atoms with Gasteiger partial charge in [-0.05, 0) is 96.9 Å². The molecule has 0 radical (unpaired) electrons. The first-order valence-electron chi connectivity index (χ1n) is 12.7. The molecule has 1 unspecified atom stereocenters. The van der Waals surface area contributed by atoms with Crippen molar-refractivity contribution in [1.82, 2.24) is 4.90 Å². The predicted octanol–water partition coefficient (Wildman–Crippen LogP) is 6.01. The zero-order valence-electron chi connectivity index (χ0n) is 20.1. The first-order valence-corrected chi connectivity index (χ1v) is 13.8. The van der Waals surface area contributed by atoms with Crippen LogP contribution in [0.2, 0.25) is 0 Å². The summed E-state index contributed by atoms with van der Waals surface area (Å²) in [4.78, 5) is 14.5. The largest absolute Gasteiger partial charge is 0.381 e. The number of likely N-dealkylation sites (tertiary alicyclic amines) is 1. The summed E-state index contributed by atoms with van der Waals surface area (Å²) in [7, 11) is 2.07. The lowest BCUT2D eigenvalue weighted by Gasteiger charge is -2.61. The molecule has 0 bridgehead atoms. The second kappa shape index (κ2) is 8.96. The van der Waals surface area contributed by atoms with Crippen LogP contribution >= 0.6 is 11.8 Å². The van der Waals surface area contributed by atoms with Crippen LogP contribution in [0.3, 0.4) is 0 Å². The summed E-state index contributed by atoms with van der Waals surface area (Å²) in [6, 6.07) is 0.480. The predicted molar refractivity (Wildman–Crippen MR) is 127 cm³/mol. The van der Waals surface area contributed by atoms with Gasteiger partial charge in [-0.15, -0.1) is 0 Å². The molecule has 1 heterocycles. The van der Waals surface area contributed by atoms with Crippen molar-refractivity contribution in [2.45, 2.75) is 96.8 Å². The van der Waals surface area contributed by atoms with Crippen molar-refractivity contribution in [2.24, 2.45) is 34.5 Å². The molecule has 1 saturated heterocycles. The number of thioether (sulfide) groups is 1. The van der Waals surface area contributed by atoms with Gasteiger partial charge in [-0.25, -0.2) is 0 Å². The van der Waals surface area contributed by atoms with E-state index in [9.17, 15) is 4.79 Å². The van der Waals surface area contributed by atoms with Gasteiger partial charge in [0.1, 0.15) is 0 Å². The van der Waals surface area contributed by atoms with Gasteiger partial charge in [0.15, 0.2) is 0 Å². The van der Waals surface area contributed by atoms with Gasteiger partial charge < -0.3 is 9.64 Å². The number of carbonyl (C=O) groups excluding carboxylic acids is 1. The Labute approximate surface area is 189 Å². The molecular weight excluding hydrogens is 390 g/mol. The van der Waals surface area contributed by atoms with Crippen LogP contribution in [-0.2, 0) is 9.53 Å². The minimum atomic E-state index is 0.343. The van der Waals surface area contributed by atoms with Crippen LogP contribution in [-0.4, -0.2) is 48.1 Å². The number of hydrogen-bond donors (Lipinski definition) is 0. The van der Waals surface area contributed by atoms with Gasteiger partial charge in [0.25, 0.3) is 0 Å². The molecule has 0 spiro atoms. The zero-order chi connectivity index (χ0) is 21.5. The van der Waals surface area contributed by atoms with Crippen LogP contribution in [0, 0.1) is 34.5 Å². The fraction of sp³-hybridized carbons (Fsp3) is 0.962. The molecule has 1 aliphatic heterocycles. The Kier molecular flexibility index (Phi) is 6.86. The minimum absolute atomic E-state index is 0.343. The topological polar surface area (TPSA) is 29.5 Å². The van der Waals surface area contributed by atoms with Crippen molar-refractivity contribution in [2.75, 3.05) is 26.0 Å². The summed E-state index contributed by atoms with van der Waals surface area (Å²) < 4.78 is 6.22. The van der Waals surface area contributed by atoms with Crippen LogP contribution in [0.25, 0.3) is 0 Å². The molecule has 7 atom stereocenters. The monoisotopic (exact) mass is 435 g/mol. The minimum Gasteiger partial charge on any atom is -0.381 e. The van der Waals surface area contributed by atoms with Gasteiger partial charge in [0, 0.05) is 32.7 Å². The van der Waals surface area contributed by atoms with E-state index >= 15 is 0 Å². The van der Waals surface area contributed by atoms with E-state index in [1.165, 1.54) is 50.7 Å². The second-order valence-electron chi connectivity index (χ2n) is 11.6. The third kappa shape index (κ3) is 3.98. The fourth-order valence-electron chi connectivity index (χ4n) is 8.24. The van der Waals surface area contributed by atoms with E-state index < -0.39 is 0 Å². The van der Waals surface area contributed by atoms with E-state index in [0.29, 0.717) is 22.8 Å². The maximum absolute atomic E-state index is 12.3. The Morgan fingerprint density at radius 3 is 2.60 bits per heavy atom. The van der Waals surface area contributed by atoms with E-state index in [1.54, 1.807) is 0 Å². The van der Waals surface area contributed by atoms with Crippen LogP contribution in [0.1, 0.15) is 85.5 Å². The number of rotatable bonds is 7. The summed E-state index contributed by atoms with van der Waals surface area (Å²) in [6.07, 6.45) is 11.1. The molecule has 4 rings (SSSR count). The Hall–Kier alpha value is -0.220. The van der Waals surface area contributed by atoms with Crippen molar-refractivity contribution in [3.63, 3.8) is 0 Å². The van der Waals surface area contributed by atoms with Gasteiger partial charge in [0.2, 0.25) is 5.91 Å². The zero-order valence-corrected chi connectivity index (χ0v) is 20.9. The van der Waals surface area contributed by atoms with Gasteiger partial charge >= 0.3 is 0 Å². The van der Waals surface area contributed by atoms with E-state index in [4.69, 9.17) is 4.74 Å². The molecule has 4 aliphatic rings. The summed E-state index contributed by atoms with van der Waals surface area (Å²) in [5, 5.41) is 0.730. The number of fused-ring (bicyclic) bond motifs is 5. The third-order valence-electron chi connectivity index (χ3n) is 9.96. The summed E-state index contributed by atoms with van der Waals surface area (Å²) in [6.45, 7) is 11.6. The molecule has 0 aromatic rings. The smallest absolute Gasteiger partial charge is 0.222 e. The summed E-state index contributed by atoms with van der Waals surface area (Å²) in [5.74, 6) is 4.92. The summed E-state index contributed by atoms with van der Waals surface area (Å²) in [5.41, 5.74) is 0.822. The lowest BCUT2D eigenvalue weighted by Crippen LogP contribution is -2.61. The lowest BCUT2D eigenvalue weighted by molar-refractivity contribution is -0.159. The molecule has 172 valence electrons. The van der Waals surface area contributed by atoms with Crippen LogP contribution in [0.4, 0.5) is 0 Å². The van der Waals surface area contributed by atoms with E-state index in [1.807, 2.05) is 11.8 Å². The first-order chi connectivity index (χ1) is 14.3. The van der Waals surface area contributed by atoms with Crippen molar-refractivity contribution < 1.29 is 9.53 Å². The van der Waals surface area contributed by atoms with E-state index in [0.717, 1.165) is 55.0 Å². The first kappa shape index (κ1) is 23.0. The molecule has 0 aromatic heterocycles. The molecule has 4 fully saturated rings. The number of amides is 1. The molecule has 0 N–H and O–H groups in total.